The standard InChI is InChI=1S/C17H19ClN2O2/c18-15-4-2-1-3-14(15)16-8-7-13(22-16)11-19-9-10-20-17(21)12-5-6-12/h1-4,7-8,12,19H,5-6,9-11H2,(H,20,21). The molecular weight excluding hydrogens is 300 g/mol. The van der Waals surface area contributed by atoms with Crippen LogP contribution in [0.25, 0.3) is 11.3 Å². The van der Waals surface area contributed by atoms with Crippen molar-refractivity contribution in [2.45, 2.75) is 19.4 Å². The van der Waals surface area contributed by atoms with Crippen molar-refractivity contribution in [1.82, 2.24) is 10.6 Å². The van der Waals surface area contributed by atoms with Gasteiger partial charge in [-0.25, -0.2) is 0 Å². The molecule has 1 aliphatic carbocycles. The number of halogens is 1. The fraction of sp³-hybridized carbons (Fsp3) is 0.353. The van der Waals surface area contributed by atoms with Gasteiger partial charge < -0.3 is 15.1 Å². The lowest BCUT2D eigenvalue weighted by Gasteiger charge is -2.05. The molecule has 1 saturated carbocycles. The Morgan fingerprint density at radius 1 is 1.18 bits per heavy atom. The predicted molar refractivity (Wildman–Crippen MR) is 86.6 cm³/mol. The molecule has 116 valence electrons. The van der Waals surface area contributed by atoms with Gasteiger partial charge in [-0.1, -0.05) is 23.7 Å². The van der Waals surface area contributed by atoms with Gasteiger partial charge in [0.1, 0.15) is 11.5 Å². The number of amides is 1. The topological polar surface area (TPSA) is 54.3 Å². The summed E-state index contributed by atoms with van der Waals surface area (Å²) in [6.45, 7) is 2.00. The lowest BCUT2D eigenvalue weighted by Crippen LogP contribution is -2.32. The minimum Gasteiger partial charge on any atom is -0.460 e. The van der Waals surface area contributed by atoms with Crippen molar-refractivity contribution in [3.05, 3.63) is 47.2 Å². The first-order chi connectivity index (χ1) is 10.7. The molecule has 0 bridgehead atoms. The van der Waals surface area contributed by atoms with Gasteiger partial charge in [0.15, 0.2) is 0 Å². The Bertz CT molecular complexity index is 650. The molecule has 1 amide bonds. The summed E-state index contributed by atoms with van der Waals surface area (Å²) in [5, 5.41) is 6.85. The second kappa shape index (κ2) is 6.99. The van der Waals surface area contributed by atoms with Gasteiger partial charge in [-0.3, -0.25) is 4.79 Å². The highest BCUT2D eigenvalue weighted by Gasteiger charge is 2.28. The summed E-state index contributed by atoms with van der Waals surface area (Å²) < 4.78 is 5.79. The summed E-state index contributed by atoms with van der Waals surface area (Å²) in [6.07, 6.45) is 2.08. The summed E-state index contributed by atoms with van der Waals surface area (Å²) in [6, 6.07) is 11.5. The van der Waals surface area contributed by atoms with E-state index in [2.05, 4.69) is 10.6 Å². The summed E-state index contributed by atoms with van der Waals surface area (Å²) in [5.74, 6) is 2.07. The molecule has 0 unspecified atom stereocenters. The fourth-order valence-electron chi connectivity index (χ4n) is 2.25. The highest BCUT2D eigenvalue weighted by Crippen LogP contribution is 2.29. The minimum absolute atomic E-state index is 0.181. The molecule has 0 atom stereocenters. The largest absolute Gasteiger partial charge is 0.460 e. The van der Waals surface area contributed by atoms with Crippen LogP contribution in [0.4, 0.5) is 0 Å². The number of carbonyl (C=O) groups excluding carboxylic acids is 1. The van der Waals surface area contributed by atoms with Gasteiger partial charge in [-0.15, -0.1) is 0 Å². The molecule has 0 saturated heterocycles. The predicted octanol–water partition coefficient (Wildman–Crippen LogP) is 3.22. The maximum Gasteiger partial charge on any atom is 0.223 e. The van der Waals surface area contributed by atoms with E-state index in [1.807, 2.05) is 36.4 Å². The molecule has 1 aromatic heterocycles. The van der Waals surface area contributed by atoms with E-state index in [0.717, 1.165) is 36.5 Å². The molecule has 5 heteroatoms. The molecular formula is C17H19ClN2O2. The Morgan fingerprint density at radius 3 is 2.77 bits per heavy atom. The van der Waals surface area contributed by atoms with Crippen molar-refractivity contribution in [3.63, 3.8) is 0 Å². The van der Waals surface area contributed by atoms with Crippen molar-refractivity contribution in [1.29, 1.82) is 0 Å². The Labute approximate surface area is 134 Å². The van der Waals surface area contributed by atoms with Crippen molar-refractivity contribution in [2.24, 2.45) is 5.92 Å². The van der Waals surface area contributed by atoms with Crippen molar-refractivity contribution >= 4 is 17.5 Å². The average Bonchev–Trinajstić information content (AvgIpc) is 3.27. The molecule has 0 radical (unpaired) electrons. The van der Waals surface area contributed by atoms with Gasteiger partial charge in [0.25, 0.3) is 0 Å². The lowest BCUT2D eigenvalue weighted by atomic mass is 10.2. The normalized spacial score (nSPS) is 14.0. The van der Waals surface area contributed by atoms with Crippen molar-refractivity contribution in [3.8, 4) is 11.3 Å². The van der Waals surface area contributed by atoms with Crippen LogP contribution in [0.5, 0.6) is 0 Å². The van der Waals surface area contributed by atoms with Crippen LogP contribution in [0, 0.1) is 5.92 Å². The molecule has 22 heavy (non-hydrogen) atoms. The zero-order valence-electron chi connectivity index (χ0n) is 12.3. The molecule has 4 nitrogen and oxygen atoms in total. The molecule has 3 rings (SSSR count). The van der Waals surface area contributed by atoms with Crippen LogP contribution in [-0.2, 0) is 11.3 Å². The zero-order valence-corrected chi connectivity index (χ0v) is 13.0. The van der Waals surface area contributed by atoms with E-state index < -0.39 is 0 Å². The van der Waals surface area contributed by atoms with E-state index in [-0.39, 0.29) is 11.8 Å². The second-order valence-corrected chi connectivity index (χ2v) is 5.90. The van der Waals surface area contributed by atoms with Crippen LogP contribution in [-0.4, -0.2) is 19.0 Å². The Balaban J connectivity index is 1.44. The SMILES string of the molecule is O=C(NCCNCc1ccc(-c2ccccc2Cl)o1)C1CC1. The number of hydrogen-bond donors (Lipinski definition) is 2. The highest BCUT2D eigenvalue weighted by molar-refractivity contribution is 6.33. The number of benzene rings is 1. The molecule has 2 aromatic rings. The first-order valence-electron chi connectivity index (χ1n) is 7.56. The smallest absolute Gasteiger partial charge is 0.223 e. The molecule has 2 N–H and O–H groups in total. The first-order valence-corrected chi connectivity index (χ1v) is 7.94. The molecule has 1 aromatic carbocycles. The van der Waals surface area contributed by atoms with E-state index in [0.29, 0.717) is 18.1 Å². The van der Waals surface area contributed by atoms with E-state index in [1.165, 1.54) is 0 Å². The fourth-order valence-corrected chi connectivity index (χ4v) is 2.48. The summed E-state index contributed by atoms with van der Waals surface area (Å²) in [7, 11) is 0. The van der Waals surface area contributed by atoms with Gasteiger partial charge in [0.2, 0.25) is 5.91 Å². The summed E-state index contributed by atoms with van der Waals surface area (Å²) in [4.78, 5) is 11.5. The van der Waals surface area contributed by atoms with E-state index >= 15 is 0 Å². The second-order valence-electron chi connectivity index (χ2n) is 5.49. The van der Waals surface area contributed by atoms with Gasteiger partial charge in [-0.2, -0.15) is 0 Å². The maximum absolute atomic E-state index is 11.5. The van der Waals surface area contributed by atoms with Gasteiger partial charge in [0, 0.05) is 24.6 Å². The summed E-state index contributed by atoms with van der Waals surface area (Å²) >= 11 is 6.16. The lowest BCUT2D eigenvalue weighted by molar-refractivity contribution is -0.122. The Hall–Kier alpha value is -1.78. The number of rotatable bonds is 7. The molecule has 1 fully saturated rings. The number of carbonyl (C=O) groups is 1. The molecule has 0 aliphatic heterocycles. The van der Waals surface area contributed by atoms with Crippen LogP contribution < -0.4 is 10.6 Å². The van der Waals surface area contributed by atoms with Gasteiger partial charge in [-0.05, 0) is 37.1 Å². The average molecular weight is 319 g/mol. The molecule has 1 aliphatic rings. The van der Waals surface area contributed by atoms with Gasteiger partial charge >= 0.3 is 0 Å². The summed E-state index contributed by atoms with van der Waals surface area (Å²) in [5.41, 5.74) is 0.895. The van der Waals surface area contributed by atoms with Crippen molar-refractivity contribution < 1.29 is 9.21 Å². The van der Waals surface area contributed by atoms with Gasteiger partial charge in [0.05, 0.1) is 11.6 Å². The third-order valence-corrected chi connectivity index (χ3v) is 3.98. The first kappa shape index (κ1) is 15.1. The van der Waals surface area contributed by atoms with E-state index in [4.69, 9.17) is 16.0 Å². The Morgan fingerprint density at radius 2 is 2.00 bits per heavy atom. The minimum atomic E-state index is 0.181. The highest BCUT2D eigenvalue weighted by atomic mass is 35.5. The van der Waals surface area contributed by atoms with Crippen LogP contribution in [0.1, 0.15) is 18.6 Å². The molecule has 0 spiro atoms. The number of nitrogens with one attached hydrogen (secondary N) is 2. The number of hydrogen-bond acceptors (Lipinski definition) is 3. The number of furan rings is 1. The van der Waals surface area contributed by atoms with Crippen LogP contribution in [0.3, 0.4) is 0 Å². The van der Waals surface area contributed by atoms with E-state index in [9.17, 15) is 4.79 Å². The quantitative estimate of drug-likeness (QED) is 0.771. The third-order valence-electron chi connectivity index (χ3n) is 3.65. The monoisotopic (exact) mass is 318 g/mol. The molecule has 1 heterocycles. The maximum atomic E-state index is 11.5. The van der Waals surface area contributed by atoms with Crippen LogP contribution in [0.2, 0.25) is 5.02 Å². The Kier molecular flexibility index (Phi) is 4.80. The van der Waals surface area contributed by atoms with E-state index in [1.54, 1.807) is 0 Å². The zero-order chi connectivity index (χ0) is 15.4. The third kappa shape index (κ3) is 3.90. The van der Waals surface area contributed by atoms with Crippen molar-refractivity contribution in [2.75, 3.05) is 13.1 Å². The van der Waals surface area contributed by atoms with Crippen LogP contribution >= 0.6 is 11.6 Å². The van der Waals surface area contributed by atoms with Crippen LogP contribution in [0.15, 0.2) is 40.8 Å².